The van der Waals surface area contributed by atoms with Crippen molar-refractivity contribution in [2.45, 2.75) is 71.1 Å². The molecule has 0 saturated carbocycles. The highest BCUT2D eigenvalue weighted by Gasteiger charge is 1.87. The minimum atomic E-state index is 1.09. The van der Waals surface area contributed by atoms with Gasteiger partial charge in [0.15, 0.2) is 0 Å². The van der Waals surface area contributed by atoms with Gasteiger partial charge in [-0.25, -0.2) is 0 Å². The zero-order valence-corrected chi connectivity index (χ0v) is 12.2. The van der Waals surface area contributed by atoms with Crippen molar-refractivity contribution in [1.29, 1.82) is 0 Å². The number of allylic oxidation sites excluding steroid dienone is 6. The average molecular weight is 247 g/mol. The lowest BCUT2D eigenvalue weighted by Gasteiger charge is -1.97. The van der Waals surface area contributed by atoms with E-state index in [1.54, 1.807) is 0 Å². The Balaban J connectivity index is 3.17. The highest BCUT2D eigenvalue weighted by Crippen LogP contribution is 2.07. The molecule has 0 bridgehead atoms. The third-order valence-corrected chi connectivity index (χ3v) is 2.96. The summed E-state index contributed by atoms with van der Waals surface area (Å²) in [5.74, 6) is 0. The monoisotopic (exact) mass is 247 g/mol. The minimum Gasteiger partial charge on any atom is -0.0917 e. The quantitative estimate of drug-likeness (QED) is 0.276. The van der Waals surface area contributed by atoms with E-state index in [9.17, 15) is 0 Å². The molecule has 0 aromatic heterocycles. The van der Waals surface area contributed by atoms with Gasteiger partial charge in [-0.3, -0.25) is 0 Å². The van der Waals surface area contributed by atoms with Crippen molar-refractivity contribution in [2.75, 3.05) is 0 Å². The first-order valence-corrected chi connectivity index (χ1v) is 7.62. The molecule has 18 heavy (non-hydrogen) atoms. The molecule has 0 saturated heterocycles. The fourth-order valence-electron chi connectivity index (χ4n) is 1.84. The fourth-order valence-corrected chi connectivity index (χ4v) is 1.84. The van der Waals surface area contributed by atoms with Gasteiger partial charge in [0.1, 0.15) is 0 Å². The Labute approximate surface area is 115 Å². The van der Waals surface area contributed by atoms with Crippen LogP contribution in [0, 0.1) is 6.92 Å². The maximum absolute atomic E-state index is 3.86. The number of hydrogen-bond donors (Lipinski definition) is 0. The average Bonchev–Trinajstić information content (AvgIpc) is 2.39. The summed E-state index contributed by atoms with van der Waals surface area (Å²) >= 11 is 0. The van der Waals surface area contributed by atoms with Crippen LogP contribution in [0.25, 0.3) is 0 Å². The van der Waals surface area contributed by atoms with Crippen LogP contribution in [0.15, 0.2) is 36.5 Å². The molecule has 0 unspecified atom stereocenters. The van der Waals surface area contributed by atoms with Gasteiger partial charge in [0.05, 0.1) is 0 Å². The molecule has 0 fully saturated rings. The molecular formula is C18H31. The molecule has 1 radical (unpaired) electrons. The van der Waals surface area contributed by atoms with Crippen LogP contribution in [0.1, 0.15) is 71.1 Å². The Morgan fingerprint density at radius 3 is 2.00 bits per heavy atom. The summed E-state index contributed by atoms with van der Waals surface area (Å²) in [6, 6.07) is 0. The van der Waals surface area contributed by atoms with Crippen LogP contribution < -0.4 is 0 Å². The number of rotatable bonds is 12. The molecule has 0 aromatic rings. The van der Waals surface area contributed by atoms with Gasteiger partial charge in [0.25, 0.3) is 0 Å². The molecule has 0 aliphatic heterocycles. The van der Waals surface area contributed by atoms with Gasteiger partial charge in [-0.2, -0.15) is 0 Å². The SMILES string of the molecule is [CH2]CCCCCCCC=CCC=CCCC=CC. The Bertz CT molecular complexity index is 220. The van der Waals surface area contributed by atoms with Gasteiger partial charge in [-0.05, 0) is 39.0 Å². The molecular weight excluding hydrogens is 216 g/mol. The summed E-state index contributed by atoms with van der Waals surface area (Å²) in [4.78, 5) is 0. The van der Waals surface area contributed by atoms with Gasteiger partial charge in [0.2, 0.25) is 0 Å². The standard InChI is InChI=1S/C18H31/c1-3-5-7-9-11-13-15-17-18-16-14-12-10-8-6-4-2/h4,6,12,14,17-18H,1,3,5,7-11,13,15-16H2,2H3. The molecule has 0 amide bonds. The van der Waals surface area contributed by atoms with Crippen LogP contribution in [0.5, 0.6) is 0 Å². The first-order chi connectivity index (χ1) is 8.91. The van der Waals surface area contributed by atoms with Gasteiger partial charge >= 0.3 is 0 Å². The second-order valence-corrected chi connectivity index (χ2v) is 4.73. The van der Waals surface area contributed by atoms with Crippen molar-refractivity contribution in [3.8, 4) is 0 Å². The second kappa shape index (κ2) is 16.2. The van der Waals surface area contributed by atoms with Crippen LogP contribution in [-0.4, -0.2) is 0 Å². The molecule has 103 valence electrons. The number of unbranched alkanes of at least 4 members (excludes halogenated alkanes) is 7. The van der Waals surface area contributed by atoms with Crippen molar-refractivity contribution < 1.29 is 0 Å². The van der Waals surface area contributed by atoms with Crippen molar-refractivity contribution in [3.63, 3.8) is 0 Å². The Morgan fingerprint density at radius 2 is 1.28 bits per heavy atom. The Morgan fingerprint density at radius 1 is 0.667 bits per heavy atom. The Hall–Kier alpha value is -0.780. The predicted octanol–water partition coefficient (Wildman–Crippen LogP) is 6.41. The lowest BCUT2D eigenvalue weighted by atomic mass is 10.1. The van der Waals surface area contributed by atoms with Crippen LogP contribution >= 0.6 is 0 Å². The zero-order chi connectivity index (χ0) is 13.3. The van der Waals surface area contributed by atoms with Crippen molar-refractivity contribution in [2.24, 2.45) is 0 Å². The highest BCUT2D eigenvalue weighted by molar-refractivity contribution is 4.93. The number of hydrogen-bond acceptors (Lipinski definition) is 0. The Kier molecular flexibility index (Phi) is 15.5. The lowest BCUT2D eigenvalue weighted by molar-refractivity contribution is 0.621. The topological polar surface area (TPSA) is 0 Å². The van der Waals surface area contributed by atoms with Gasteiger partial charge in [-0.15, -0.1) is 0 Å². The molecule has 0 atom stereocenters. The van der Waals surface area contributed by atoms with E-state index in [-0.39, 0.29) is 0 Å². The van der Waals surface area contributed by atoms with Gasteiger partial charge in [-0.1, -0.05) is 75.5 Å². The smallest absolute Gasteiger partial charge is 0.0169 e. The first-order valence-electron chi connectivity index (χ1n) is 7.62. The van der Waals surface area contributed by atoms with Crippen LogP contribution in [0.4, 0.5) is 0 Å². The van der Waals surface area contributed by atoms with Gasteiger partial charge < -0.3 is 0 Å². The van der Waals surface area contributed by atoms with E-state index in [0.29, 0.717) is 0 Å². The van der Waals surface area contributed by atoms with E-state index in [1.807, 2.05) is 0 Å². The molecule has 0 nitrogen and oxygen atoms in total. The summed E-state index contributed by atoms with van der Waals surface area (Å²) in [6.45, 7) is 5.94. The van der Waals surface area contributed by atoms with Crippen LogP contribution in [0.3, 0.4) is 0 Å². The largest absolute Gasteiger partial charge is 0.0917 e. The van der Waals surface area contributed by atoms with E-state index in [0.717, 1.165) is 12.8 Å². The molecule has 0 aliphatic carbocycles. The van der Waals surface area contributed by atoms with Crippen LogP contribution in [-0.2, 0) is 0 Å². The third-order valence-electron chi connectivity index (χ3n) is 2.96. The molecule has 0 N–H and O–H groups in total. The molecule has 0 spiro atoms. The maximum Gasteiger partial charge on any atom is -0.0169 e. The molecule has 0 rings (SSSR count). The van der Waals surface area contributed by atoms with Crippen LogP contribution in [0.2, 0.25) is 0 Å². The first kappa shape index (κ1) is 17.2. The zero-order valence-electron chi connectivity index (χ0n) is 12.2. The van der Waals surface area contributed by atoms with Crippen molar-refractivity contribution >= 4 is 0 Å². The predicted molar refractivity (Wildman–Crippen MR) is 84.6 cm³/mol. The summed E-state index contributed by atoms with van der Waals surface area (Å²) in [6.07, 6.45) is 26.1. The van der Waals surface area contributed by atoms with E-state index >= 15 is 0 Å². The summed E-state index contributed by atoms with van der Waals surface area (Å²) < 4.78 is 0. The molecule has 0 aromatic carbocycles. The fraction of sp³-hybridized carbons (Fsp3) is 0.611. The van der Waals surface area contributed by atoms with E-state index in [4.69, 9.17) is 0 Å². The van der Waals surface area contributed by atoms with E-state index in [1.165, 1.54) is 51.4 Å². The van der Waals surface area contributed by atoms with Crippen molar-refractivity contribution in [3.05, 3.63) is 43.4 Å². The highest BCUT2D eigenvalue weighted by atomic mass is 13.9. The maximum atomic E-state index is 3.86. The third kappa shape index (κ3) is 15.2. The normalized spacial score (nSPS) is 12.3. The molecule has 0 heteroatoms. The van der Waals surface area contributed by atoms with E-state index in [2.05, 4.69) is 50.3 Å². The summed E-state index contributed by atoms with van der Waals surface area (Å²) in [5.41, 5.74) is 0. The summed E-state index contributed by atoms with van der Waals surface area (Å²) in [7, 11) is 0. The second-order valence-electron chi connectivity index (χ2n) is 4.73. The lowest BCUT2D eigenvalue weighted by Crippen LogP contribution is -1.77. The minimum absolute atomic E-state index is 1.09. The molecule has 0 heterocycles. The van der Waals surface area contributed by atoms with E-state index < -0.39 is 0 Å². The summed E-state index contributed by atoms with van der Waals surface area (Å²) in [5, 5.41) is 0. The molecule has 0 aliphatic rings. The van der Waals surface area contributed by atoms with Gasteiger partial charge in [0, 0.05) is 0 Å². The van der Waals surface area contributed by atoms with Crippen molar-refractivity contribution in [1.82, 2.24) is 0 Å².